The van der Waals surface area contributed by atoms with Crippen LogP contribution in [0.25, 0.3) is 11.2 Å². The molecule has 0 aliphatic carbocycles. The SMILES string of the molecule is CCC(=O)N1CCN(c2nc3c(c(=O)[nH]c(=O)n3C)n2Cc2ccccc2)CC1. The average molecular weight is 396 g/mol. The standard InChI is InChI=1S/C20H24N6O3/c1-3-15(27)24-9-11-25(12-10-24)19-21-17-16(18(28)22-20(29)23(17)2)26(19)13-14-7-5-4-6-8-14/h4-8H,3,9-13H2,1-2H3,(H,22,28,29). The van der Waals surface area contributed by atoms with Crippen LogP contribution in [0.3, 0.4) is 0 Å². The van der Waals surface area contributed by atoms with Crippen molar-refractivity contribution in [3.8, 4) is 0 Å². The molecule has 1 saturated heterocycles. The van der Waals surface area contributed by atoms with E-state index in [9.17, 15) is 14.4 Å². The molecule has 0 atom stereocenters. The van der Waals surface area contributed by atoms with E-state index in [2.05, 4.69) is 14.9 Å². The third-order valence-electron chi connectivity index (χ3n) is 5.39. The highest BCUT2D eigenvalue weighted by Crippen LogP contribution is 2.22. The van der Waals surface area contributed by atoms with Gasteiger partial charge in [-0.05, 0) is 5.56 Å². The smallest absolute Gasteiger partial charge is 0.329 e. The molecule has 0 saturated carbocycles. The predicted molar refractivity (Wildman–Crippen MR) is 110 cm³/mol. The Kier molecular flexibility index (Phi) is 4.96. The number of rotatable bonds is 4. The molecule has 1 N–H and O–H groups in total. The highest BCUT2D eigenvalue weighted by Gasteiger charge is 2.26. The zero-order chi connectivity index (χ0) is 20.5. The number of aryl methyl sites for hydroxylation is 1. The van der Waals surface area contributed by atoms with Gasteiger partial charge in [-0.25, -0.2) is 4.79 Å². The molecule has 152 valence electrons. The first kappa shape index (κ1) is 19.0. The minimum absolute atomic E-state index is 0.140. The number of fused-ring (bicyclic) bond motifs is 1. The van der Waals surface area contributed by atoms with Gasteiger partial charge in [-0.3, -0.25) is 23.7 Å². The largest absolute Gasteiger partial charge is 0.339 e. The number of carbonyl (C=O) groups excluding carboxylic acids is 1. The maximum Gasteiger partial charge on any atom is 0.329 e. The van der Waals surface area contributed by atoms with Crippen LogP contribution in [0.15, 0.2) is 39.9 Å². The Morgan fingerprint density at radius 3 is 2.45 bits per heavy atom. The van der Waals surface area contributed by atoms with E-state index in [1.165, 1.54) is 4.57 Å². The Morgan fingerprint density at radius 1 is 1.10 bits per heavy atom. The Labute approximate surface area is 167 Å². The molecule has 3 heterocycles. The van der Waals surface area contributed by atoms with Gasteiger partial charge in [0.15, 0.2) is 11.2 Å². The normalized spacial score (nSPS) is 14.6. The first-order valence-electron chi connectivity index (χ1n) is 9.75. The number of piperazine rings is 1. The Morgan fingerprint density at radius 2 is 1.79 bits per heavy atom. The van der Waals surface area contributed by atoms with E-state index in [0.717, 1.165) is 5.56 Å². The molecule has 0 radical (unpaired) electrons. The third-order valence-corrected chi connectivity index (χ3v) is 5.39. The van der Waals surface area contributed by atoms with Gasteiger partial charge in [0, 0.05) is 39.6 Å². The van der Waals surface area contributed by atoms with Crippen LogP contribution in [0.2, 0.25) is 0 Å². The van der Waals surface area contributed by atoms with Crippen molar-refractivity contribution in [2.24, 2.45) is 7.05 Å². The van der Waals surface area contributed by atoms with Crippen LogP contribution in [-0.4, -0.2) is 56.1 Å². The van der Waals surface area contributed by atoms with Crippen LogP contribution in [0.1, 0.15) is 18.9 Å². The molecule has 9 nitrogen and oxygen atoms in total. The number of aromatic nitrogens is 4. The summed E-state index contributed by atoms with van der Waals surface area (Å²) in [7, 11) is 1.60. The molecular formula is C20H24N6O3. The van der Waals surface area contributed by atoms with Gasteiger partial charge in [0.25, 0.3) is 5.56 Å². The second-order valence-corrected chi connectivity index (χ2v) is 7.20. The number of hydrogen-bond donors (Lipinski definition) is 1. The van der Waals surface area contributed by atoms with Gasteiger partial charge < -0.3 is 9.80 Å². The summed E-state index contributed by atoms with van der Waals surface area (Å²) < 4.78 is 3.22. The number of nitrogens with one attached hydrogen (secondary N) is 1. The number of carbonyl (C=O) groups is 1. The fraction of sp³-hybridized carbons (Fsp3) is 0.400. The summed E-state index contributed by atoms with van der Waals surface area (Å²) in [5.74, 6) is 0.778. The van der Waals surface area contributed by atoms with Crippen LogP contribution in [-0.2, 0) is 18.4 Å². The van der Waals surface area contributed by atoms with E-state index >= 15 is 0 Å². The third kappa shape index (κ3) is 3.43. The van der Waals surface area contributed by atoms with Crippen LogP contribution in [0.4, 0.5) is 5.95 Å². The lowest BCUT2D eigenvalue weighted by Gasteiger charge is -2.35. The monoisotopic (exact) mass is 396 g/mol. The minimum Gasteiger partial charge on any atom is -0.339 e. The van der Waals surface area contributed by atoms with Gasteiger partial charge in [0.2, 0.25) is 11.9 Å². The van der Waals surface area contributed by atoms with Crippen LogP contribution >= 0.6 is 0 Å². The van der Waals surface area contributed by atoms with Crippen LogP contribution in [0.5, 0.6) is 0 Å². The molecule has 0 unspecified atom stereocenters. The molecular weight excluding hydrogens is 372 g/mol. The average Bonchev–Trinajstić information content (AvgIpc) is 3.12. The van der Waals surface area contributed by atoms with Crippen molar-refractivity contribution < 1.29 is 4.79 Å². The quantitative estimate of drug-likeness (QED) is 0.694. The molecule has 29 heavy (non-hydrogen) atoms. The molecule has 0 spiro atoms. The van der Waals surface area contributed by atoms with Crippen molar-refractivity contribution in [3.63, 3.8) is 0 Å². The van der Waals surface area contributed by atoms with E-state index in [-0.39, 0.29) is 5.91 Å². The molecule has 1 aromatic carbocycles. The second-order valence-electron chi connectivity index (χ2n) is 7.20. The summed E-state index contributed by atoms with van der Waals surface area (Å²) in [5.41, 5.74) is 0.824. The highest BCUT2D eigenvalue weighted by atomic mass is 16.2. The number of H-pyrrole nitrogens is 1. The van der Waals surface area contributed by atoms with Gasteiger partial charge in [0.05, 0.1) is 6.54 Å². The number of anilines is 1. The van der Waals surface area contributed by atoms with E-state index in [0.29, 0.717) is 56.3 Å². The molecule has 1 aliphatic heterocycles. The molecule has 1 amide bonds. The fourth-order valence-electron chi connectivity index (χ4n) is 3.76. The number of imidazole rings is 1. The van der Waals surface area contributed by atoms with Crippen molar-refractivity contribution in [3.05, 3.63) is 56.7 Å². The van der Waals surface area contributed by atoms with Gasteiger partial charge in [-0.1, -0.05) is 37.3 Å². The summed E-state index contributed by atoms with van der Waals surface area (Å²) in [4.78, 5) is 47.7. The zero-order valence-electron chi connectivity index (χ0n) is 16.6. The van der Waals surface area contributed by atoms with Gasteiger partial charge in [-0.2, -0.15) is 4.98 Å². The van der Waals surface area contributed by atoms with Gasteiger partial charge >= 0.3 is 5.69 Å². The number of hydrogen-bond acceptors (Lipinski definition) is 5. The van der Waals surface area contributed by atoms with Crippen molar-refractivity contribution >= 4 is 23.0 Å². The Hall–Kier alpha value is -3.36. The molecule has 0 bridgehead atoms. The number of benzene rings is 1. The molecule has 4 rings (SSSR count). The number of nitrogens with zero attached hydrogens (tertiary/aromatic N) is 5. The fourth-order valence-corrected chi connectivity index (χ4v) is 3.76. The molecule has 1 aliphatic rings. The Bertz CT molecular complexity index is 1150. The van der Waals surface area contributed by atoms with Gasteiger partial charge in [0.1, 0.15) is 0 Å². The van der Waals surface area contributed by atoms with E-state index in [4.69, 9.17) is 0 Å². The molecule has 3 aromatic rings. The summed E-state index contributed by atoms with van der Waals surface area (Å²) in [6.07, 6.45) is 0.490. The lowest BCUT2D eigenvalue weighted by Crippen LogP contribution is -2.49. The predicted octanol–water partition coefficient (Wildman–Crippen LogP) is 0.530. The van der Waals surface area contributed by atoms with Crippen molar-refractivity contribution in [2.75, 3.05) is 31.1 Å². The maximum absolute atomic E-state index is 12.6. The summed E-state index contributed by atoms with van der Waals surface area (Å²) in [6, 6.07) is 9.82. The van der Waals surface area contributed by atoms with Crippen LogP contribution in [0, 0.1) is 0 Å². The minimum atomic E-state index is -0.489. The highest BCUT2D eigenvalue weighted by molar-refractivity contribution is 5.77. The van der Waals surface area contributed by atoms with Crippen LogP contribution < -0.4 is 16.1 Å². The summed E-state index contributed by atoms with van der Waals surface area (Å²) >= 11 is 0. The molecule has 1 fully saturated rings. The Balaban J connectivity index is 1.79. The summed E-state index contributed by atoms with van der Waals surface area (Å²) in [6.45, 7) is 4.78. The second kappa shape index (κ2) is 7.57. The molecule has 2 aromatic heterocycles. The number of amides is 1. The van der Waals surface area contributed by atoms with Gasteiger partial charge in [-0.15, -0.1) is 0 Å². The van der Waals surface area contributed by atoms with E-state index < -0.39 is 11.2 Å². The lowest BCUT2D eigenvalue weighted by atomic mass is 10.2. The lowest BCUT2D eigenvalue weighted by molar-refractivity contribution is -0.131. The number of aromatic amines is 1. The van der Waals surface area contributed by atoms with Crippen molar-refractivity contribution in [1.82, 2.24) is 24.0 Å². The first-order chi connectivity index (χ1) is 14.0. The van der Waals surface area contributed by atoms with E-state index in [1.807, 2.05) is 46.7 Å². The topological polar surface area (TPSA) is 96.2 Å². The first-order valence-corrected chi connectivity index (χ1v) is 9.75. The van der Waals surface area contributed by atoms with Crippen molar-refractivity contribution in [1.29, 1.82) is 0 Å². The summed E-state index contributed by atoms with van der Waals surface area (Å²) in [5, 5.41) is 0. The molecule has 9 heteroatoms. The maximum atomic E-state index is 12.6. The zero-order valence-corrected chi connectivity index (χ0v) is 16.6. The van der Waals surface area contributed by atoms with Crippen molar-refractivity contribution in [2.45, 2.75) is 19.9 Å². The van der Waals surface area contributed by atoms with E-state index in [1.54, 1.807) is 7.05 Å².